The number of carbonyl (C=O) groups is 1. The van der Waals surface area contributed by atoms with Crippen LogP contribution in [-0.4, -0.2) is 55.9 Å². The number of nitriles is 1. The van der Waals surface area contributed by atoms with Crippen LogP contribution in [0.5, 0.6) is 5.75 Å². The Kier molecular flexibility index (Phi) is 5.59. The summed E-state index contributed by atoms with van der Waals surface area (Å²) in [7, 11) is 1.61. The molecule has 0 radical (unpaired) electrons. The maximum absolute atomic E-state index is 12.4. The van der Waals surface area contributed by atoms with Crippen molar-refractivity contribution in [2.75, 3.05) is 33.4 Å². The fraction of sp³-hybridized carbons (Fsp3) is 0.529. The van der Waals surface area contributed by atoms with Gasteiger partial charge in [-0.05, 0) is 26.0 Å². The van der Waals surface area contributed by atoms with Crippen LogP contribution in [0, 0.1) is 11.3 Å². The molecule has 1 aliphatic heterocycles. The molecule has 0 N–H and O–H groups in total. The van der Waals surface area contributed by atoms with E-state index in [-0.39, 0.29) is 18.6 Å². The zero-order chi connectivity index (χ0) is 16.9. The van der Waals surface area contributed by atoms with E-state index >= 15 is 0 Å². The van der Waals surface area contributed by atoms with Gasteiger partial charge >= 0.3 is 0 Å². The molecule has 1 heterocycles. The molecule has 1 atom stereocenters. The Labute approximate surface area is 136 Å². The zero-order valence-electron chi connectivity index (χ0n) is 13.7. The number of nitrogens with zero attached hydrogens (tertiary/aromatic N) is 2. The molecule has 0 bridgehead atoms. The first-order valence-corrected chi connectivity index (χ1v) is 7.51. The third-order valence-corrected chi connectivity index (χ3v) is 3.55. The van der Waals surface area contributed by atoms with Gasteiger partial charge in [0.25, 0.3) is 5.91 Å². The largest absolute Gasteiger partial charge is 0.482 e. The van der Waals surface area contributed by atoms with Crippen LogP contribution in [0.1, 0.15) is 19.4 Å². The van der Waals surface area contributed by atoms with Gasteiger partial charge in [0.1, 0.15) is 11.8 Å². The van der Waals surface area contributed by atoms with Crippen molar-refractivity contribution in [1.29, 1.82) is 5.26 Å². The molecule has 1 fully saturated rings. The van der Waals surface area contributed by atoms with E-state index in [4.69, 9.17) is 19.5 Å². The van der Waals surface area contributed by atoms with Crippen LogP contribution >= 0.6 is 0 Å². The molecule has 23 heavy (non-hydrogen) atoms. The topological polar surface area (TPSA) is 71.8 Å². The molecule has 6 nitrogen and oxygen atoms in total. The minimum atomic E-state index is -0.429. The van der Waals surface area contributed by atoms with Crippen molar-refractivity contribution in [3.8, 4) is 11.8 Å². The van der Waals surface area contributed by atoms with E-state index in [1.54, 1.807) is 36.3 Å². The zero-order valence-corrected chi connectivity index (χ0v) is 13.7. The molecular formula is C17H22N2O4. The van der Waals surface area contributed by atoms with Crippen molar-refractivity contribution in [1.82, 2.24) is 4.90 Å². The summed E-state index contributed by atoms with van der Waals surface area (Å²) in [6.07, 6.45) is -0.154. The van der Waals surface area contributed by atoms with Gasteiger partial charge in [-0.1, -0.05) is 12.1 Å². The second-order valence-electron chi connectivity index (χ2n) is 6.13. The summed E-state index contributed by atoms with van der Waals surface area (Å²) in [6.45, 7) is 5.19. The lowest BCUT2D eigenvalue weighted by Gasteiger charge is -2.42. The Morgan fingerprint density at radius 2 is 2.22 bits per heavy atom. The smallest absolute Gasteiger partial charge is 0.260 e. The van der Waals surface area contributed by atoms with Gasteiger partial charge in [-0.25, -0.2) is 0 Å². The highest BCUT2D eigenvalue weighted by Gasteiger charge is 2.35. The Bertz CT molecular complexity index is 595. The quantitative estimate of drug-likeness (QED) is 0.824. The average molecular weight is 318 g/mol. The number of morpholine rings is 1. The van der Waals surface area contributed by atoms with E-state index in [9.17, 15) is 4.79 Å². The predicted octanol–water partition coefficient (Wildman–Crippen LogP) is 1.59. The number of rotatable bonds is 5. The number of benzene rings is 1. The molecular weight excluding hydrogens is 296 g/mol. The maximum atomic E-state index is 12.4. The number of methoxy groups -OCH3 is 1. The summed E-state index contributed by atoms with van der Waals surface area (Å²) in [5.74, 6) is 0.291. The average Bonchev–Trinajstić information content (AvgIpc) is 2.51. The van der Waals surface area contributed by atoms with Gasteiger partial charge in [0.05, 0.1) is 23.9 Å². The summed E-state index contributed by atoms with van der Waals surface area (Å²) in [4.78, 5) is 14.2. The Morgan fingerprint density at radius 1 is 1.48 bits per heavy atom. The van der Waals surface area contributed by atoms with E-state index in [2.05, 4.69) is 0 Å². The third kappa shape index (κ3) is 4.68. The predicted molar refractivity (Wildman–Crippen MR) is 84.1 cm³/mol. The van der Waals surface area contributed by atoms with Crippen molar-refractivity contribution in [2.24, 2.45) is 0 Å². The van der Waals surface area contributed by atoms with E-state index in [0.29, 0.717) is 31.0 Å². The fourth-order valence-corrected chi connectivity index (χ4v) is 2.67. The van der Waals surface area contributed by atoms with Crippen LogP contribution < -0.4 is 4.74 Å². The molecule has 2 rings (SSSR count). The lowest BCUT2D eigenvalue weighted by atomic mass is 10.1. The second-order valence-corrected chi connectivity index (χ2v) is 6.13. The molecule has 124 valence electrons. The van der Waals surface area contributed by atoms with Gasteiger partial charge in [0.15, 0.2) is 6.61 Å². The molecule has 6 heteroatoms. The van der Waals surface area contributed by atoms with Crippen molar-refractivity contribution >= 4 is 5.91 Å². The molecule has 0 unspecified atom stereocenters. The van der Waals surface area contributed by atoms with Crippen LogP contribution in [0.25, 0.3) is 0 Å². The molecule has 1 saturated heterocycles. The summed E-state index contributed by atoms with van der Waals surface area (Å²) >= 11 is 0. The number of carbonyl (C=O) groups excluding carboxylic acids is 1. The minimum Gasteiger partial charge on any atom is -0.482 e. The van der Waals surface area contributed by atoms with Gasteiger partial charge in [-0.3, -0.25) is 4.79 Å². The summed E-state index contributed by atoms with van der Waals surface area (Å²) < 4.78 is 16.5. The van der Waals surface area contributed by atoms with Gasteiger partial charge < -0.3 is 19.1 Å². The summed E-state index contributed by atoms with van der Waals surface area (Å²) in [5.41, 5.74) is -0.0124. The number of hydrogen-bond donors (Lipinski definition) is 0. The second kappa shape index (κ2) is 7.44. The van der Waals surface area contributed by atoms with Crippen molar-refractivity contribution in [3.63, 3.8) is 0 Å². The highest BCUT2D eigenvalue weighted by atomic mass is 16.5. The lowest BCUT2D eigenvalue weighted by molar-refractivity contribution is -0.170. The molecule has 0 spiro atoms. The number of amides is 1. The van der Waals surface area contributed by atoms with E-state index in [0.717, 1.165) is 0 Å². The normalized spacial score (nSPS) is 19.9. The molecule has 1 amide bonds. The van der Waals surface area contributed by atoms with Crippen LogP contribution in [0.15, 0.2) is 24.3 Å². The summed E-state index contributed by atoms with van der Waals surface area (Å²) in [5, 5.41) is 9.04. The van der Waals surface area contributed by atoms with Crippen LogP contribution in [0.2, 0.25) is 0 Å². The van der Waals surface area contributed by atoms with Crippen molar-refractivity contribution in [2.45, 2.75) is 25.6 Å². The van der Waals surface area contributed by atoms with Crippen LogP contribution in [-0.2, 0) is 14.3 Å². The first-order chi connectivity index (χ1) is 10.9. The first kappa shape index (κ1) is 17.3. The van der Waals surface area contributed by atoms with Crippen LogP contribution in [0.3, 0.4) is 0 Å². The lowest BCUT2D eigenvalue weighted by Crippen LogP contribution is -2.56. The van der Waals surface area contributed by atoms with E-state index in [1.165, 1.54) is 0 Å². The van der Waals surface area contributed by atoms with Gasteiger partial charge in [0, 0.05) is 20.2 Å². The first-order valence-electron chi connectivity index (χ1n) is 7.51. The van der Waals surface area contributed by atoms with Gasteiger partial charge in [-0.15, -0.1) is 0 Å². The minimum absolute atomic E-state index is 0.103. The summed E-state index contributed by atoms with van der Waals surface area (Å²) in [6, 6.07) is 8.92. The number of hydrogen-bond acceptors (Lipinski definition) is 5. The fourth-order valence-electron chi connectivity index (χ4n) is 2.67. The SMILES string of the molecule is COC[C@H]1CN(C(=O)COc2ccccc2C#N)CC(C)(C)O1. The molecule has 0 saturated carbocycles. The molecule has 1 aromatic rings. The molecule has 0 aliphatic carbocycles. The molecule has 1 aliphatic rings. The number of ether oxygens (including phenoxy) is 3. The highest BCUT2D eigenvalue weighted by molar-refractivity contribution is 5.78. The Hall–Kier alpha value is -2.10. The Morgan fingerprint density at radius 3 is 2.91 bits per heavy atom. The van der Waals surface area contributed by atoms with Gasteiger partial charge in [0.2, 0.25) is 0 Å². The maximum Gasteiger partial charge on any atom is 0.260 e. The van der Waals surface area contributed by atoms with Crippen molar-refractivity contribution < 1.29 is 19.0 Å². The van der Waals surface area contributed by atoms with Crippen LogP contribution in [0.4, 0.5) is 0 Å². The van der Waals surface area contributed by atoms with Gasteiger partial charge in [-0.2, -0.15) is 5.26 Å². The highest BCUT2D eigenvalue weighted by Crippen LogP contribution is 2.22. The van der Waals surface area contributed by atoms with Crippen molar-refractivity contribution in [3.05, 3.63) is 29.8 Å². The van der Waals surface area contributed by atoms with E-state index in [1.807, 2.05) is 19.9 Å². The standard InChI is InChI=1S/C17H22N2O4/c1-17(2)12-19(9-14(23-17)10-21-3)16(20)11-22-15-7-5-4-6-13(15)8-18/h4-7,14H,9-12H2,1-3H3/t14-/m1/s1. The molecule has 0 aromatic heterocycles. The molecule has 1 aromatic carbocycles. The Balaban J connectivity index is 1.98. The number of para-hydroxylation sites is 1. The monoisotopic (exact) mass is 318 g/mol. The third-order valence-electron chi connectivity index (χ3n) is 3.55. The van der Waals surface area contributed by atoms with E-state index < -0.39 is 5.60 Å².